The Morgan fingerprint density at radius 1 is 1.47 bits per heavy atom. The largest absolute Gasteiger partial charge is 0.478 e. The standard InChI is InChI=1S/C10H13NO4S2/c1-17(14,15)5-4-16-9-6-7(11)2-3-8(9)10(12)13/h2-3,6H,4-5,11H2,1H3,(H,12,13). The minimum atomic E-state index is -3.04. The van der Waals surface area contributed by atoms with Crippen LogP contribution in [0.15, 0.2) is 23.1 Å². The highest BCUT2D eigenvalue weighted by Gasteiger charge is 2.11. The molecule has 1 rings (SSSR count). The molecule has 0 saturated carbocycles. The third-order valence-electron chi connectivity index (χ3n) is 1.95. The van der Waals surface area contributed by atoms with Gasteiger partial charge in [-0.2, -0.15) is 0 Å². The van der Waals surface area contributed by atoms with Crippen LogP contribution in [0.4, 0.5) is 5.69 Å². The SMILES string of the molecule is CS(=O)(=O)CCSc1cc(N)ccc1C(=O)O. The van der Waals surface area contributed by atoms with Gasteiger partial charge >= 0.3 is 5.97 Å². The maximum absolute atomic E-state index is 11.0. The lowest BCUT2D eigenvalue weighted by Gasteiger charge is -2.06. The summed E-state index contributed by atoms with van der Waals surface area (Å²) >= 11 is 1.18. The van der Waals surface area contributed by atoms with Gasteiger partial charge in [-0.3, -0.25) is 0 Å². The van der Waals surface area contributed by atoms with Crippen molar-refractivity contribution < 1.29 is 18.3 Å². The molecule has 0 aliphatic heterocycles. The summed E-state index contributed by atoms with van der Waals surface area (Å²) in [5, 5.41) is 8.94. The Labute approximate surface area is 104 Å². The van der Waals surface area contributed by atoms with E-state index >= 15 is 0 Å². The topological polar surface area (TPSA) is 97.5 Å². The van der Waals surface area contributed by atoms with Crippen LogP contribution in [-0.4, -0.2) is 37.3 Å². The van der Waals surface area contributed by atoms with E-state index in [1.807, 2.05) is 0 Å². The van der Waals surface area contributed by atoms with E-state index in [1.165, 1.54) is 30.0 Å². The number of nitrogens with two attached hydrogens (primary N) is 1. The molecular formula is C10H13NO4S2. The number of rotatable bonds is 5. The van der Waals surface area contributed by atoms with Crippen molar-refractivity contribution in [3.63, 3.8) is 0 Å². The minimum absolute atomic E-state index is 0.00548. The number of carbonyl (C=O) groups is 1. The smallest absolute Gasteiger partial charge is 0.336 e. The minimum Gasteiger partial charge on any atom is -0.478 e. The van der Waals surface area contributed by atoms with Gasteiger partial charge in [0.25, 0.3) is 0 Å². The number of thioether (sulfide) groups is 1. The van der Waals surface area contributed by atoms with Gasteiger partial charge in [0, 0.05) is 22.6 Å². The zero-order valence-corrected chi connectivity index (χ0v) is 10.8. The van der Waals surface area contributed by atoms with Crippen LogP contribution >= 0.6 is 11.8 Å². The number of sulfone groups is 1. The molecular weight excluding hydrogens is 262 g/mol. The molecule has 0 bridgehead atoms. The van der Waals surface area contributed by atoms with Crippen molar-refractivity contribution in [1.82, 2.24) is 0 Å². The Kier molecular flexibility index (Phi) is 4.41. The molecule has 17 heavy (non-hydrogen) atoms. The van der Waals surface area contributed by atoms with Crippen LogP contribution in [0.5, 0.6) is 0 Å². The van der Waals surface area contributed by atoms with Crippen molar-refractivity contribution in [2.24, 2.45) is 0 Å². The molecule has 0 aliphatic carbocycles. The van der Waals surface area contributed by atoms with Crippen molar-refractivity contribution in [2.45, 2.75) is 4.90 Å². The van der Waals surface area contributed by atoms with Crippen LogP contribution < -0.4 is 5.73 Å². The molecule has 0 unspecified atom stereocenters. The molecule has 94 valence electrons. The molecule has 0 atom stereocenters. The molecule has 0 fully saturated rings. The number of aromatic carboxylic acids is 1. The van der Waals surface area contributed by atoms with Crippen molar-refractivity contribution in [3.05, 3.63) is 23.8 Å². The predicted molar refractivity (Wildman–Crippen MR) is 68.2 cm³/mol. The zero-order chi connectivity index (χ0) is 13.1. The molecule has 0 amide bonds. The van der Waals surface area contributed by atoms with E-state index in [1.54, 1.807) is 0 Å². The predicted octanol–water partition coefficient (Wildman–Crippen LogP) is 1.10. The number of benzene rings is 1. The van der Waals surface area contributed by atoms with Crippen molar-refractivity contribution >= 4 is 33.3 Å². The number of carboxylic acid groups (broad SMARTS) is 1. The van der Waals surface area contributed by atoms with Gasteiger partial charge in [0.05, 0.1) is 11.3 Å². The van der Waals surface area contributed by atoms with E-state index in [9.17, 15) is 13.2 Å². The first-order valence-corrected chi connectivity index (χ1v) is 7.77. The van der Waals surface area contributed by atoms with Crippen molar-refractivity contribution in [3.8, 4) is 0 Å². The van der Waals surface area contributed by atoms with Gasteiger partial charge in [0.1, 0.15) is 9.84 Å². The lowest BCUT2D eigenvalue weighted by Crippen LogP contribution is -2.06. The molecule has 1 aromatic carbocycles. The zero-order valence-electron chi connectivity index (χ0n) is 9.21. The van der Waals surface area contributed by atoms with Gasteiger partial charge in [-0.15, -0.1) is 11.8 Å². The normalized spacial score (nSPS) is 11.4. The number of anilines is 1. The summed E-state index contributed by atoms with van der Waals surface area (Å²) in [6.45, 7) is 0. The highest BCUT2D eigenvalue weighted by molar-refractivity contribution is 8.00. The number of hydrogen-bond acceptors (Lipinski definition) is 5. The van der Waals surface area contributed by atoms with Gasteiger partial charge < -0.3 is 10.8 Å². The summed E-state index contributed by atoms with van der Waals surface area (Å²) in [5.74, 6) is -0.736. The Morgan fingerprint density at radius 3 is 2.65 bits per heavy atom. The monoisotopic (exact) mass is 275 g/mol. The molecule has 7 heteroatoms. The van der Waals surface area contributed by atoms with Gasteiger partial charge in [0.15, 0.2) is 0 Å². The van der Waals surface area contributed by atoms with Crippen LogP contribution in [-0.2, 0) is 9.84 Å². The molecule has 0 heterocycles. The number of nitrogen functional groups attached to an aromatic ring is 1. The fourth-order valence-corrected chi connectivity index (χ4v) is 3.43. The second-order valence-corrected chi connectivity index (χ2v) is 6.94. The van der Waals surface area contributed by atoms with E-state index < -0.39 is 15.8 Å². The molecule has 0 radical (unpaired) electrons. The fourth-order valence-electron chi connectivity index (χ4n) is 1.14. The first-order valence-electron chi connectivity index (χ1n) is 4.73. The molecule has 0 aromatic heterocycles. The Bertz CT molecular complexity index is 525. The Hall–Kier alpha value is -1.21. The van der Waals surface area contributed by atoms with Crippen LogP contribution in [0, 0.1) is 0 Å². The van der Waals surface area contributed by atoms with E-state index in [-0.39, 0.29) is 11.3 Å². The van der Waals surface area contributed by atoms with E-state index in [4.69, 9.17) is 10.8 Å². The van der Waals surface area contributed by atoms with Gasteiger partial charge in [-0.25, -0.2) is 13.2 Å². The van der Waals surface area contributed by atoms with Gasteiger partial charge in [-0.1, -0.05) is 0 Å². The summed E-state index contributed by atoms with van der Waals surface area (Å²) in [6, 6.07) is 4.46. The highest BCUT2D eigenvalue weighted by atomic mass is 32.2. The summed E-state index contributed by atoms with van der Waals surface area (Å²) < 4.78 is 21.9. The summed E-state index contributed by atoms with van der Waals surface area (Å²) in [4.78, 5) is 11.4. The maximum atomic E-state index is 11.0. The average molecular weight is 275 g/mol. The average Bonchev–Trinajstić information content (AvgIpc) is 2.15. The van der Waals surface area contributed by atoms with E-state index in [0.29, 0.717) is 16.3 Å². The molecule has 1 aromatic rings. The molecule has 5 nitrogen and oxygen atoms in total. The first-order chi connectivity index (χ1) is 7.79. The summed E-state index contributed by atoms with van der Waals surface area (Å²) in [7, 11) is -3.04. The number of carboxylic acids is 1. The lowest BCUT2D eigenvalue weighted by molar-refractivity contribution is 0.0693. The van der Waals surface area contributed by atoms with E-state index in [0.717, 1.165) is 6.26 Å². The number of hydrogen-bond donors (Lipinski definition) is 2. The van der Waals surface area contributed by atoms with Crippen LogP contribution in [0.3, 0.4) is 0 Å². The second-order valence-electron chi connectivity index (χ2n) is 3.54. The third-order valence-corrected chi connectivity index (χ3v) is 4.21. The summed E-state index contributed by atoms with van der Waals surface area (Å²) in [5.41, 5.74) is 6.15. The van der Waals surface area contributed by atoms with Gasteiger partial charge in [-0.05, 0) is 18.2 Å². The molecule has 0 aliphatic rings. The van der Waals surface area contributed by atoms with Crippen LogP contribution in [0.2, 0.25) is 0 Å². The summed E-state index contributed by atoms with van der Waals surface area (Å²) in [6.07, 6.45) is 1.14. The molecule has 3 N–H and O–H groups in total. The quantitative estimate of drug-likeness (QED) is 0.617. The second kappa shape index (κ2) is 5.42. The van der Waals surface area contributed by atoms with Crippen LogP contribution in [0.1, 0.15) is 10.4 Å². The molecule has 0 saturated heterocycles. The Balaban J connectivity index is 2.82. The fraction of sp³-hybridized carbons (Fsp3) is 0.300. The van der Waals surface area contributed by atoms with Crippen molar-refractivity contribution in [1.29, 1.82) is 0 Å². The van der Waals surface area contributed by atoms with Crippen LogP contribution in [0.25, 0.3) is 0 Å². The highest BCUT2D eigenvalue weighted by Crippen LogP contribution is 2.25. The van der Waals surface area contributed by atoms with E-state index in [2.05, 4.69) is 0 Å². The lowest BCUT2D eigenvalue weighted by atomic mass is 10.2. The third kappa shape index (κ3) is 4.66. The van der Waals surface area contributed by atoms with Crippen molar-refractivity contribution in [2.75, 3.05) is 23.5 Å². The first kappa shape index (κ1) is 13.9. The molecule has 0 spiro atoms. The maximum Gasteiger partial charge on any atom is 0.336 e. The Morgan fingerprint density at radius 2 is 2.12 bits per heavy atom. The van der Waals surface area contributed by atoms with Gasteiger partial charge in [0.2, 0.25) is 0 Å².